The minimum Gasteiger partial charge on any atom is -0.399 e. The maximum absolute atomic E-state index is 5.95. The maximum atomic E-state index is 5.95. The molecule has 0 aliphatic carbocycles. The molecule has 47 heavy (non-hydrogen) atoms. The molecule has 0 spiro atoms. The molecule has 0 bridgehead atoms. The molecule has 0 aliphatic heterocycles. The molecule has 0 atom stereocenters. The zero-order chi connectivity index (χ0) is 33.1. The molecule has 0 amide bonds. The number of nitrogen functional groups attached to an aromatic ring is 2. The fourth-order valence-electron chi connectivity index (χ4n) is 6.93. The monoisotopic (exact) mass is 630 g/mol. The molecule has 4 aromatic carbocycles. The summed E-state index contributed by atoms with van der Waals surface area (Å²) in [6.07, 6.45) is 23.9. The van der Waals surface area contributed by atoms with E-state index in [1.165, 1.54) is 119 Å². The molecule has 0 aromatic heterocycles. The molecule has 0 heterocycles. The summed E-state index contributed by atoms with van der Waals surface area (Å²) in [4.78, 5) is 0. The van der Waals surface area contributed by atoms with Crippen molar-refractivity contribution in [1.29, 1.82) is 0 Å². The average Bonchev–Trinajstić information content (AvgIpc) is 3.08. The number of nitrogens with two attached hydrogens (primary N) is 2. The van der Waals surface area contributed by atoms with E-state index in [9.17, 15) is 0 Å². The molecular weight excluding hydrogens is 569 g/mol. The average molecular weight is 631 g/mol. The van der Waals surface area contributed by atoms with Gasteiger partial charge in [0.2, 0.25) is 0 Å². The molecule has 4 rings (SSSR count). The van der Waals surface area contributed by atoms with E-state index < -0.39 is 0 Å². The predicted molar refractivity (Wildman–Crippen MR) is 206 cm³/mol. The van der Waals surface area contributed by atoms with Gasteiger partial charge in [0.05, 0.1) is 0 Å². The van der Waals surface area contributed by atoms with Gasteiger partial charge in [-0.3, -0.25) is 0 Å². The Kier molecular flexibility index (Phi) is 16.0. The first-order valence-corrected chi connectivity index (χ1v) is 18.9. The molecular formula is C45H62N2. The first-order valence-electron chi connectivity index (χ1n) is 18.9. The number of rotatable bonds is 22. The first kappa shape index (κ1) is 36.3. The minimum atomic E-state index is 0.833. The van der Waals surface area contributed by atoms with Gasteiger partial charge in [-0.2, -0.15) is 0 Å². The molecule has 0 unspecified atom stereocenters. The summed E-state index contributed by atoms with van der Waals surface area (Å²) in [6, 6.07) is 31.4. The van der Waals surface area contributed by atoms with Crippen LogP contribution in [0.25, 0.3) is 0 Å². The molecule has 0 radical (unpaired) electrons. The molecule has 0 saturated heterocycles. The van der Waals surface area contributed by atoms with E-state index in [1.807, 2.05) is 24.3 Å². The minimum absolute atomic E-state index is 0.833. The van der Waals surface area contributed by atoms with E-state index >= 15 is 0 Å². The second kappa shape index (κ2) is 20.7. The molecule has 2 nitrogen and oxygen atoms in total. The summed E-state index contributed by atoms with van der Waals surface area (Å²) in [6.45, 7) is 4.60. The van der Waals surface area contributed by atoms with Crippen molar-refractivity contribution in [3.63, 3.8) is 0 Å². The molecule has 2 heteroatoms. The molecule has 252 valence electrons. The van der Waals surface area contributed by atoms with E-state index in [2.05, 4.69) is 74.5 Å². The lowest BCUT2D eigenvalue weighted by Crippen LogP contribution is -2.02. The summed E-state index contributed by atoms with van der Waals surface area (Å²) in [5, 5.41) is 0. The molecule has 0 aliphatic rings. The van der Waals surface area contributed by atoms with Crippen LogP contribution in [0.15, 0.2) is 84.9 Å². The Morgan fingerprint density at radius 1 is 0.340 bits per heavy atom. The zero-order valence-corrected chi connectivity index (χ0v) is 29.7. The molecule has 4 N–H and O–H groups in total. The number of aryl methyl sites for hydroxylation is 4. The van der Waals surface area contributed by atoms with Crippen LogP contribution < -0.4 is 11.5 Å². The Bertz CT molecular complexity index is 1320. The Labute approximate surface area is 287 Å². The van der Waals surface area contributed by atoms with Gasteiger partial charge in [0.25, 0.3) is 0 Å². The predicted octanol–water partition coefficient (Wildman–Crippen LogP) is 12.0. The van der Waals surface area contributed by atoms with E-state index in [1.54, 1.807) is 22.3 Å². The van der Waals surface area contributed by atoms with E-state index in [0.29, 0.717) is 0 Å². The fourth-order valence-corrected chi connectivity index (χ4v) is 6.93. The van der Waals surface area contributed by atoms with Crippen LogP contribution in [-0.2, 0) is 38.5 Å². The summed E-state index contributed by atoms with van der Waals surface area (Å²) >= 11 is 0. The van der Waals surface area contributed by atoms with Crippen LogP contribution in [0.4, 0.5) is 11.4 Å². The largest absolute Gasteiger partial charge is 0.399 e. The topological polar surface area (TPSA) is 52.0 Å². The highest BCUT2D eigenvalue weighted by molar-refractivity contribution is 5.43. The van der Waals surface area contributed by atoms with Crippen molar-refractivity contribution in [2.24, 2.45) is 0 Å². The second-order valence-corrected chi connectivity index (χ2v) is 13.9. The van der Waals surface area contributed by atoms with Gasteiger partial charge in [-0.05, 0) is 127 Å². The quantitative estimate of drug-likeness (QED) is 0.0670. The van der Waals surface area contributed by atoms with Crippen LogP contribution >= 0.6 is 0 Å². The van der Waals surface area contributed by atoms with Crippen LogP contribution in [0.3, 0.4) is 0 Å². The second-order valence-electron chi connectivity index (χ2n) is 13.9. The standard InChI is InChI=1S/C45H62N2/c1-3-5-7-9-11-13-16-42-34-38(32-36-22-28-44(46)29-23-36)20-26-40(42)18-15-19-41-27-21-39(33-37-24-30-45(47)31-25-37)35-43(41)17-14-12-10-8-6-4-2/h20-31,34-35H,3-19,32-33,46-47H2,1-2H3. The highest BCUT2D eigenvalue weighted by Crippen LogP contribution is 2.24. The van der Waals surface area contributed by atoms with Gasteiger partial charge in [-0.25, -0.2) is 0 Å². The van der Waals surface area contributed by atoms with Gasteiger partial charge < -0.3 is 11.5 Å². The fraction of sp³-hybridized carbons (Fsp3) is 0.467. The van der Waals surface area contributed by atoms with Crippen molar-refractivity contribution in [2.45, 2.75) is 136 Å². The van der Waals surface area contributed by atoms with Gasteiger partial charge in [-0.1, -0.05) is 139 Å². The summed E-state index contributed by atoms with van der Waals surface area (Å²) in [5.41, 5.74) is 25.3. The van der Waals surface area contributed by atoms with Crippen molar-refractivity contribution >= 4 is 11.4 Å². The van der Waals surface area contributed by atoms with Crippen LogP contribution in [0, 0.1) is 0 Å². The van der Waals surface area contributed by atoms with Crippen LogP contribution in [-0.4, -0.2) is 0 Å². The Balaban J connectivity index is 1.42. The smallest absolute Gasteiger partial charge is 0.0314 e. The number of hydrogen-bond acceptors (Lipinski definition) is 2. The molecule has 0 fully saturated rings. The van der Waals surface area contributed by atoms with Gasteiger partial charge in [0.15, 0.2) is 0 Å². The van der Waals surface area contributed by atoms with Crippen LogP contribution in [0.2, 0.25) is 0 Å². The number of hydrogen-bond donors (Lipinski definition) is 2. The normalized spacial score (nSPS) is 11.3. The van der Waals surface area contributed by atoms with E-state index in [-0.39, 0.29) is 0 Å². The van der Waals surface area contributed by atoms with Crippen molar-refractivity contribution in [3.05, 3.63) is 129 Å². The third-order valence-electron chi connectivity index (χ3n) is 9.81. The van der Waals surface area contributed by atoms with Gasteiger partial charge in [0, 0.05) is 11.4 Å². The molecule has 0 saturated carbocycles. The Morgan fingerprint density at radius 3 is 1.09 bits per heavy atom. The lowest BCUT2D eigenvalue weighted by atomic mass is 9.90. The van der Waals surface area contributed by atoms with E-state index in [0.717, 1.165) is 37.1 Å². The lowest BCUT2D eigenvalue weighted by Gasteiger charge is -2.15. The van der Waals surface area contributed by atoms with Gasteiger partial charge >= 0.3 is 0 Å². The van der Waals surface area contributed by atoms with Crippen LogP contribution in [0.1, 0.15) is 142 Å². The zero-order valence-electron chi connectivity index (χ0n) is 29.7. The third-order valence-corrected chi connectivity index (χ3v) is 9.81. The lowest BCUT2D eigenvalue weighted by molar-refractivity contribution is 0.605. The maximum Gasteiger partial charge on any atom is 0.0314 e. The summed E-state index contributed by atoms with van der Waals surface area (Å²) in [5.74, 6) is 0. The van der Waals surface area contributed by atoms with Crippen molar-refractivity contribution in [1.82, 2.24) is 0 Å². The summed E-state index contributed by atoms with van der Waals surface area (Å²) in [7, 11) is 0. The highest BCUT2D eigenvalue weighted by Gasteiger charge is 2.10. The SMILES string of the molecule is CCCCCCCCc1cc(Cc2ccc(N)cc2)ccc1CCCc1ccc(Cc2ccc(N)cc2)cc1CCCCCCCC. The Morgan fingerprint density at radius 2 is 0.681 bits per heavy atom. The van der Waals surface area contributed by atoms with Crippen LogP contribution in [0.5, 0.6) is 0 Å². The van der Waals surface area contributed by atoms with Gasteiger partial charge in [0.1, 0.15) is 0 Å². The van der Waals surface area contributed by atoms with Crippen molar-refractivity contribution in [2.75, 3.05) is 11.5 Å². The Hall–Kier alpha value is -3.52. The first-order chi connectivity index (χ1) is 23.0. The number of anilines is 2. The van der Waals surface area contributed by atoms with Crippen molar-refractivity contribution < 1.29 is 0 Å². The number of unbranched alkanes of at least 4 members (excludes halogenated alkanes) is 10. The van der Waals surface area contributed by atoms with Crippen molar-refractivity contribution in [3.8, 4) is 0 Å². The number of benzene rings is 4. The molecule has 4 aromatic rings. The summed E-state index contributed by atoms with van der Waals surface area (Å²) < 4.78 is 0. The third kappa shape index (κ3) is 13.3. The van der Waals surface area contributed by atoms with Gasteiger partial charge in [-0.15, -0.1) is 0 Å². The van der Waals surface area contributed by atoms with E-state index in [4.69, 9.17) is 11.5 Å². The highest BCUT2D eigenvalue weighted by atomic mass is 14.5.